The lowest BCUT2D eigenvalue weighted by Crippen LogP contribution is -2.29. The fourth-order valence-corrected chi connectivity index (χ4v) is 1.80. The van der Waals surface area contributed by atoms with Crippen LogP contribution in [0.4, 0.5) is 5.69 Å². The molecule has 0 atom stereocenters. The van der Waals surface area contributed by atoms with Crippen molar-refractivity contribution < 1.29 is 4.79 Å². The normalized spacial score (nSPS) is 10.4. The van der Waals surface area contributed by atoms with Gasteiger partial charge in [0.25, 0.3) is 11.5 Å². The number of aromatic amines is 1. The lowest BCUT2D eigenvalue weighted by atomic mass is 10.3. The minimum atomic E-state index is -0.463. The minimum absolute atomic E-state index is 0.0386. The Kier molecular flexibility index (Phi) is 4.59. The molecular formula is C12H15ClN6O2. The molecule has 2 aromatic heterocycles. The second-order valence-corrected chi connectivity index (χ2v) is 4.78. The first-order valence-corrected chi connectivity index (χ1v) is 6.62. The third-order valence-corrected chi connectivity index (χ3v) is 3.24. The molecule has 2 heterocycles. The van der Waals surface area contributed by atoms with Crippen LogP contribution in [0.3, 0.4) is 0 Å². The highest BCUT2D eigenvalue weighted by Gasteiger charge is 2.10. The van der Waals surface area contributed by atoms with E-state index in [4.69, 9.17) is 11.6 Å². The number of amides is 1. The van der Waals surface area contributed by atoms with Gasteiger partial charge in [-0.05, 0) is 13.0 Å². The number of halogens is 1. The maximum atomic E-state index is 11.8. The van der Waals surface area contributed by atoms with E-state index in [2.05, 4.69) is 25.9 Å². The van der Waals surface area contributed by atoms with Gasteiger partial charge in [0, 0.05) is 25.8 Å². The topological polar surface area (TPSA) is 105 Å². The number of anilines is 1. The van der Waals surface area contributed by atoms with E-state index in [1.54, 1.807) is 17.8 Å². The number of carbonyl (C=O) groups is 1. The van der Waals surface area contributed by atoms with E-state index >= 15 is 0 Å². The summed E-state index contributed by atoms with van der Waals surface area (Å²) >= 11 is 5.80. The Morgan fingerprint density at radius 1 is 1.48 bits per heavy atom. The second kappa shape index (κ2) is 6.40. The molecule has 0 fully saturated rings. The van der Waals surface area contributed by atoms with Gasteiger partial charge in [0.2, 0.25) is 0 Å². The summed E-state index contributed by atoms with van der Waals surface area (Å²) in [5.74, 6) is -0.254. The molecule has 8 nitrogen and oxygen atoms in total. The van der Waals surface area contributed by atoms with Crippen molar-refractivity contribution in [1.29, 1.82) is 0 Å². The Morgan fingerprint density at radius 3 is 2.90 bits per heavy atom. The maximum absolute atomic E-state index is 11.8. The Hall–Kier alpha value is -2.35. The maximum Gasteiger partial charge on any atom is 0.285 e. The van der Waals surface area contributed by atoms with Crippen molar-refractivity contribution in [3.63, 3.8) is 0 Å². The molecule has 1 amide bonds. The van der Waals surface area contributed by atoms with Crippen LogP contribution >= 0.6 is 11.6 Å². The summed E-state index contributed by atoms with van der Waals surface area (Å²) < 4.78 is 1.63. The number of nitrogens with zero attached hydrogens (tertiary/aromatic N) is 3. The molecule has 112 valence electrons. The van der Waals surface area contributed by atoms with Gasteiger partial charge in [-0.15, -0.1) is 0 Å². The summed E-state index contributed by atoms with van der Waals surface area (Å²) in [4.78, 5) is 23.1. The Labute approximate surface area is 125 Å². The highest BCUT2D eigenvalue weighted by molar-refractivity contribution is 6.32. The van der Waals surface area contributed by atoms with Gasteiger partial charge in [-0.2, -0.15) is 10.2 Å². The van der Waals surface area contributed by atoms with Gasteiger partial charge < -0.3 is 10.6 Å². The molecule has 2 rings (SSSR count). The highest BCUT2D eigenvalue weighted by atomic mass is 35.5. The van der Waals surface area contributed by atoms with Gasteiger partial charge in [0.15, 0.2) is 0 Å². The number of hydrogen-bond acceptors (Lipinski definition) is 5. The van der Waals surface area contributed by atoms with Crippen molar-refractivity contribution >= 4 is 23.2 Å². The first kappa shape index (κ1) is 15.0. The fourth-order valence-electron chi connectivity index (χ4n) is 1.64. The van der Waals surface area contributed by atoms with E-state index in [-0.39, 0.29) is 10.9 Å². The third-order valence-electron chi connectivity index (χ3n) is 2.87. The van der Waals surface area contributed by atoms with E-state index in [1.807, 2.05) is 6.92 Å². The Balaban J connectivity index is 1.83. The van der Waals surface area contributed by atoms with Gasteiger partial charge in [0.05, 0.1) is 11.9 Å². The average Bonchev–Trinajstić information content (AvgIpc) is 2.79. The summed E-state index contributed by atoms with van der Waals surface area (Å²) in [6, 6.07) is 1.71. The molecule has 0 aromatic carbocycles. The van der Waals surface area contributed by atoms with Crippen molar-refractivity contribution in [2.75, 3.05) is 18.4 Å². The van der Waals surface area contributed by atoms with E-state index in [1.165, 1.54) is 6.20 Å². The van der Waals surface area contributed by atoms with Crippen LogP contribution in [-0.4, -0.2) is 39.0 Å². The number of carbonyl (C=O) groups excluding carboxylic acids is 1. The molecule has 0 bridgehead atoms. The van der Waals surface area contributed by atoms with Crippen LogP contribution in [0.2, 0.25) is 5.02 Å². The number of hydrogen-bond donors (Lipinski definition) is 3. The molecule has 3 N–H and O–H groups in total. The van der Waals surface area contributed by atoms with Crippen LogP contribution in [0, 0.1) is 6.92 Å². The van der Waals surface area contributed by atoms with E-state index < -0.39 is 5.56 Å². The van der Waals surface area contributed by atoms with E-state index in [0.29, 0.717) is 24.5 Å². The number of aromatic nitrogens is 4. The minimum Gasteiger partial charge on any atom is -0.381 e. The Morgan fingerprint density at radius 2 is 2.24 bits per heavy atom. The number of nitrogens with one attached hydrogen (secondary N) is 3. The summed E-state index contributed by atoms with van der Waals surface area (Å²) in [7, 11) is 1.77. The van der Waals surface area contributed by atoms with Crippen LogP contribution < -0.4 is 16.2 Å². The van der Waals surface area contributed by atoms with Crippen molar-refractivity contribution in [2.24, 2.45) is 7.05 Å². The van der Waals surface area contributed by atoms with E-state index in [0.717, 1.165) is 5.69 Å². The Bertz CT molecular complexity index is 689. The van der Waals surface area contributed by atoms with E-state index in [9.17, 15) is 9.59 Å². The molecule has 9 heteroatoms. The standard InChI is InChI=1S/C12H15ClN6O2/c1-7-5-8(18-19(7)2)11(20)15-4-3-14-9-6-16-17-12(21)10(9)13/h5-6H,3-4H2,1-2H3,(H,15,20)(H2,14,17,21). The van der Waals surface area contributed by atoms with Crippen LogP contribution in [-0.2, 0) is 7.05 Å². The second-order valence-electron chi connectivity index (χ2n) is 4.40. The van der Waals surface area contributed by atoms with Gasteiger partial charge in [0.1, 0.15) is 10.7 Å². The molecule has 0 spiro atoms. The SMILES string of the molecule is Cc1cc(C(=O)NCCNc2cn[nH]c(=O)c2Cl)nn1C. The van der Waals surface area contributed by atoms with Crippen LogP contribution in [0.25, 0.3) is 0 Å². The number of rotatable bonds is 5. The molecule has 0 aliphatic heterocycles. The summed E-state index contributed by atoms with van der Waals surface area (Å²) in [5, 5.41) is 15.6. The quantitative estimate of drug-likeness (QED) is 0.689. The number of aryl methyl sites for hydroxylation is 2. The highest BCUT2D eigenvalue weighted by Crippen LogP contribution is 2.13. The molecule has 0 aliphatic rings. The van der Waals surface area contributed by atoms with Crippen molar-refractivity contribution in [2.45, 2.75) is 6.92 Å². The van der Waals surface area contributed by atoms with Crippen LogP contribution in [0.5, 0.6) is 0 Å². The molecule has 0 saturated carbocycles. The predicted octanol–water partition coefficient (Wildman–Crippen LogP) is 0.307. The molecule has 0 radical (unpaired) electrons. The third kappa shape index (κ3) is 3.60. The van der Waals surface area contributed by atoms with Gasteiger partial charge in [-0.3, -0.25) is 14.3 Å². The molecule has 0 unspecified atom stereocenters. The molecule has 21 heavy (non-hydrogen) atoms. The van der Waals surface area contributed by atoms with Crippen molar-refractivity contribution in [1.82, 2.24) is 25.3 Å². The van der Waals surface area contributed by atoms with Gasteiger partial charge in [-0.25, -0.2) is 5.10 Å². The zero-order valence-corrected chi connectivity index (χ0v) is 12.4. The van der Waals surface area contributed by atoms with Gasteiger partial charge >= 0.3 is 0 Å². The first-order valence-electron chi connectivity index (χ1n) is 6.25. The predicted molar refractivity (Wildman–Crippen MR) is 78.6 cm³/mol. The fraction of sp³-hybridized carbons (Fsp3) is 0.333. The summed E-state index contributed by atoms with van der Waals surface area (Å²) in [5.41, 5.74) is 1.23. The lowest BCUT2D eigenvalue weighted by molar-refractivity contribution is 0.0949. The lowest BCUT2D eigenvalue weighted by Gasteiger charge is -2.07. The van der Waals surface area contributed by atoms with Crippen LogP contribution in [0.1, 0.15) is 16.2 Å². The first-order chi connectivity index (χ1) is 9.99. The average molecular weight is 311 g/mol. The zero-order chi connectivity index (χ0) is 15.4. The van der Waals surface area contributed by atoms with Crippen molar-refractivity contribution in [3.05, 3.63) is 39.0 Å². The molecule has 0 aliphatic carbocycles. The van der Waals surface area contributed by atoms with Gasteiger partial charge in [-0.1, -0.05) is 11.6 Å². The summed E-state index contributed by atoms with van der Waals surface area (Å²) in [6.45, 7) is 2.63. The number of H-pyrrole nitrogens is 1. The zero-order valence-electron chi connectivity index (χ0n) is 11.6. The van der Waals surface area contributed by atoms with Crippen molar-refractivity contribution in [3.8, 4) is 0 Å². The molecular weight excluding hydrogens is 296 g/mol. The monoisotopic (exact) mass is 310 g/mol. The van der Waals surface area contributed by atoms with Crippen LogP contribution in [0.15, 0.2) is 17.1 Å². The summed E-state index contributed by atoms with van der Waals surface area (Å²) in [6.07, 6.45) is 1.41. The smallest absolute Gasteiger partial charge is 0.285 e. The largest absolute Gasteiger partial charge is 0.381 e. The molecule has 0 saturated heterocycles. The molecule has 2 aromatic rings.